The number of unbranched alkanes of at least 4 members (excludes halogenated alkanes) is 14. The zero-order valence-corrected chi connectivity index (χ0v) is 44.0. The molecule has 10 heteroatoms. The lowest BCUT2D eigenvalue weighted by molar-refractivity contribution is -0.870. The van der Waals surface area contributed by atoms with Crippen molar-refractivity contribution in [1.29, 1.82) is 0 Å². The Morgan fingerprint density at radius 3 is 1.27 bits per heavy atom. The number of nitrogens with zero attached hydrogens (tertiary/aromatic N) is 1. The van der Waals surface area contributed by atoms with Gasteiger partial charge in [-0.25, -0.2) is 4.57 Å². The van der Waals surface area contributed by atoms with E-state index in [1.54, 1.807) is 0 Å². The van der Waals surface area contributed by atoms with Crippen molar-refractivity contribution in [2.45, 2.75) is 193 Å². The number of hydrogen-bond acceptors (Lipinski definition) is 7. The van der Waals surface area contributed by atoms with Gasteiger partial charge >= 0.3 is 19.8 Å². The summed E-state index contributed by atoms with van der Waals surface area (Å²) < 4.78 is 34.4. The molecule has 9 nitrogen and oxygen atoms in total. The van der Waals surface area contributed by atoms with E-state index in [2.05, 4.69) is 123 Å². The minimum absolute atomic E-state index is 0.0208. The second kappa shape index (κ2) is 47.7. The molecule has 0 bridgehead atoms. The first-order valence-electron chi connectivity index (χ1n) is 26.1. The normalized spacial score (nSPS) is 14.3. The van der Waals surface area contributed by atoms with Crippen LogP contribution in [0.15, 0.2) is 109 Å². The highest BCUT2D eigenvalue weighted by molar-refractivity contribution is 7.47. The maximum Gasteiger partial charge on any atom is 0.472 e. The van der Waals surface area contributed by atoms with Crippen LogP contribution in [0.25, 0.3) is 0 Å². The molecule has 0 amide bonds. The molecular weight excluding hydrogens is 858 g/mol. The highest BCUT2D eigenvalue weighted by Gasteiger charge is 2.27. The Labute approximate surface area is 410 Å². The predicted octanol–water partition coefficient (Wildman–Crippen LogP) is 15.9. The molecule has 0 radical (unpaired) electrons. The molecule has 0 saturated heterocycles. The number of likely N-dealkylation sites (N-methyl/N-ethyl adjacent to an activating group) is 1. The minimum Gasteiger partial charge on any atom is -0.462 e. The predicted molar refractivity (Wildman–Crippen MR) is 284 cm³/mol. The zero-order valence-electron chi connectivity index (χ0n) is 43.1. The largest absolute Gasteiger partial charge is 0.472 e. The van der Waals surface area contributed by atoms with Gasteiger partial charge in [-0.3, -0.25) is 18.6 Å². The standard InChI is InChI=1S/C57H96NO8P/c1-6-8-10-12-14-16-18-20-22-23-24-25-26-27-28-29-30-31-32-33-34-35-36-38-40-42-44-46-48-50-57(60)66-55(54-65-67(61,62)64-52-51-58(3,4)5)53-63-56(59)49-47-45-43-41-39-37-21-19-17-15-13-11-9-7-2/h8,10,13-16,19-22,24-25,27-28,30-31,33-34,55H,6-7,9,11-12,17-18,23,26,29,32,35-54H2,1-5H3/p+1/b10-8-,15-13-,16-14-,21-19-,22-20-,25-24-,28-27-,31-30-,34-33-. The number of carbonyl (C=O) groups is 2. The fourth-order valence-corrected chi connectivity index (χ4v) is 7.22. The van der Waals surface area contributed by atoms with Gasteiger partial charge in [-0.05, 0) is 96.3 Å². The first-order chi connectivity index (χ1) is 32.5. The molecule has 0 aliphatic carbocycles. The third kappa shape index (κ3) is 51.9. The lowest BCUT2D eigenvalue weighted by Crippen LogP contribution is -2.37. The van der Waals surface area contributed by atoms with Crippen LogP contribution in [0.5, 0.6) is 0 Å². The monoisotopic (exact) mass is 955 g/mol. The van der Waals surface area contributed by atoms with Crippen molar-refractivity contribution >= 4 is 19.8 Å². The van der Waals surface area contributed by atoms with Gasteiger partial charge in [0.1, 0.15) is 19.8 Å². The number of hydrogen-bond donors (Lipinski definition) is 1. The van der Waals surface area contributed by atoms with Crippen molar-refractivity contribution in [3.63, 3.8) is 0 Å². The number of rotatable bonds is 46. The molecule has 2 atom stereocenters. The van der Waals surface area contributed by atoms with E-state index in [0.717, 1.165) is 116 Å². The molecule has 0 heterocycles. The summed E-state index contributed by atoms with van der Waals surface area (Å²) in [7, 11) is 1.44. The Balaban J connectivity index is 4.27. The first-order valence-corrected chi connectivity index (χ1v) is 27.6. The summed E-state index contributed by atoms with van der Waals surface area (Å²) in [6, 6.07) is 0. The molecule has 0 saturated carbocycles. The minimum atomic E-state index is -4.39. The number of carbonyl (C=O) groups excluding carboxylic acids is 2. The lowest BCUT2D eigenvalue weighted by atomic mass is 10.1. The summed E-state index contributed by atoms with van der Waals surface area (Å²) in [5.74, 6) is -0.836. The van der Waals surface area contributed by atoms with Crippen molar-refractivity contribution < 1.29 is 42.1 Å². The number of ether oxygens (including phenoxy) is 2. The third-order valence-electron chi connectivity index (χ3n) is 10.5. The Hall–Kier alpha value is -3.33. The van der Waals surface area contributed by atoms with Gasteiger partial charge in [0.2, 0.25) is 0 Å². The average molecular weight is 955 g/mol. The molecule has 0 aromatic rings. The summed E-state index contributed by atoms with van der Waals surface area (Å²) in [6.07, 6.45) is 65.7. The van der Waals surface area contributed by atoms with E-state index >= 15 is 0 Å². The summed E-state index contributed by atoms with van der Waals surface area (Å²) >= 11 is 0. The number of esters is 2. The van der Waals surface area contributed by atoms with Crippen molar-refractivity contribution in [3.8, 4) is 0 Å². The van der Waals surface area contributed by atoms with Crippen molar-refractivity contribution in [2.75, 3.05) is 47.5 Å². The average Bonchev–Trinajstić information content (AvgIpc) is 3.29. The topological polar surface area (TPSA) is 108 Å². The van der Waals surface area contributed by atoms with E-state index in [1.165, 1.54) is 32.1 Å². The molecule has 0 aliphatic rings. The number of allylic oxidation sites excluding steroid dienone is 18. The van der Waals surface area contributed by atoms with Gasteiger partial charge in [-0.15, -0.1) is 0 Å². The van der Waals surface area contributed by atoms with Crippen molar-refractivity contribution in [1.82, 2.24) is 0 Å². The quantitative estimate of drug-likeness (QED) is 0.0211. The molecule has 0 fully saturated rings. The molecule has 2 unspecified atom stereocenters. The van der Waals surface area contributed by atoms with E-state index < -0.39 is 26.5 Å². The lowest BCUT2D eigenvalue weighted by Gasteiger charge is -2.24. The Kier molecular flexibility index (Phi) is 45.4. The molecule has 0 spiro atoms. The molecule has 0 aromatic carbocycles. The van der Waals surface area contributed by atoms with E-state index in [1.807, 2.05) is 21.1 Å². The SMILES string of the molecule is CC/C=C\C/C=C\C/C=C\C/C=C\C/C=C\C/C=C\C/C=C\CCCCCCCCCC(=O)OC(COC(=O)CCCCCCC/C=C\C/C=C\CCCC)COP(=O)(O)OCC[N+](C)(C)C. The molecule has 1 N–H and O–H groups in total. The van der Waals surface area contributed by atoms with Gasteiger partial charge in [0.05, 0.1) is 27.7 Å². The van der Waals surface area contributed by atoms with Gasteiger partial charge < -0.3 is 18.9 Å². The van der Waals surface area contributed by atoms with E-state index in [4.69, 9.17) is 18.5 Å². The smallest absolute Gasteiger partial charge is 0.462 e. The second-order valence-corrected chi connectivity index (χ2v) is 19.6. The second-order valence-electron chi connectivity index (χ2n) is 18.2. The maximum absolute atomic E-state index is 12.8. The molecular formula is C57H97NO8P+. The Morgan fingerprint density at radius 1 is 0.478 bits per heavy atom. The fourth-order valence-electron chi connectivity index (χ4n) is 6.48. The van der Waals surface area contributed by atoms with Crippen LogP contribution < -0.4 is 0 Å². The Bertz CT molecular complexity index is 1500. The summed E-state index contributed by atoms with van der Waals surface area (Å²) in [6.45, 7) is 4.22. The molecule has 382 valence electrons. The van der Waals surface area contributed by atoms with E-state index in [-0.39, 0.29) is 32.0 Å². The van der Waals surface area contributed by atoms with Crippen LogP contribution in [-0.2, 0) is 32.7 Å². The first kappa shape index (κ1) is 63.7. The molecule has 0 rings (SSSR count). The summed E-state index contributed by atoms with van der Waals surface area (Å²) in [4.78, 5) is 35.5. The fraction of sp³-hybridized carbons (Fsp3) is 0.649. The summed E-state index contributed by atoms with van der Waals surface area (Å²) in [5.41, 5.74) is 0. The van der Waals surface area contributed by atoms with Gasteiger partial charge in [0.25, 0.3) is 0 Å². The van der Waals surface area contributed by atoms with Gasteiger partial charge in [-0.2, -0.15) is 0 Å². The van der Waals surface area contributed by atoms with Crippen LogP contribution in [0.4, 0.5) is 0 Å². The summed E-state index contributed by atoms with van der Waals surface area (Å²) in [5, 5.41) is 0. The van der Waals surface area contributed by atoms with E-state index in [0.29, 0.717) is 23.9 Å². The Morgan fingerprint density at radius 2 is 0.851 bits per heavy atom. The van der Waals surface area contributed by atoms with Crippen molar-refractivity contribution in [3.05, 3.63) is 109 Å². The van der Waals surface area contributed by atoms with E-state index in [9.17, 15) is 19.0 Å². The van der Waals surface area contributed by atoms with Crippen LogP contribution in [0.1, 0.15) is 187 Å². The van der Waals surface area contributed by atoms with Crippen LogP contribution in [-0.4, -0.2) is 74.9 Å². The van der Waals surface area contributed by atoms with Crippen LogP contribution in [0.3, 0.4) is 0 Å². The van der Waals surface area contributed by atoms with Crippen molar-refractivity contribution in [2.24, 2.45) is 0 Å². The van der Waals surface area contributed by atoms with Crippen LogP contribution in [0.2, 0.25) is 0 Å². The molecule has 0 aliphatic heterocycles. The van der Waals surface area contributed by atoms with Crippen LogP contribution in [0, 0.1) is 0 Å². The molecule has 67 heavy (non-hydrogen) atoms. The number of quaternary nitrogens is 1. The number of phosphoric ester groups is 1. The van der Waals surface area contributed by atoms with Gasteiger partial charge in [0.15, 0.2) is 6.10 Å². The maximum atomic E-state index is 12.8. The highest BCUT2D eigenvalue weighted by atomic mass is 31.2. The third-order valence-corrected chi connectivity index (χ3v) is 11.5. The zero-order chi connectivity index (χ0) is 49.2. The number of phosphoric acid groups is 1. The highest BCUT2D eigenvalue weighted by Crippen LogP contribution is 2.43. The van der Waals surface area contributed by atoms with Gasteiger partial charge in [0, 0.05) is 12.8 Å². The molecule has 0 aromatic heterocycles. The van der Waals surface area contributed by atoms with Crippen LogP contribution >= 0.6 is 7.82 Å². The van der Waals surface area contributed by atoms with Gasteiger partial charge in [-0.1, -0.05) is 187 Å².